The van der Waals surface area contributed by atoms with Gasteiger partial charge in [0, 0.05) is 33.3 Å². The Kier molecular flexibility index (Phi) is 2.74. The third-order valence-corrected chi connectivity index (χ3v) is 3.98. The summed E-state index contributed by atoms with van der Waals surface area (Å²) >= 11 is 5.19. The van der Waals surface area contributed by atoms with Crippen molar-refractivity contribution in [2.24, 2.45) is 5.73 Å². The van der Waals surface area contributed by atoms with Crippen LogP contribution in [0.4, 0.5) is 0 Å². The Bertz CT molecular complexity index is 294. The van der Waals surface area contributed by atoms with Gasteiger partial charge in [0.2, 0.25) is 0 Å². The van der Waals surface area contributed by atoms with E-state index in [1.807, 2.05) is 0 Å². The van der Waals surface area contributed by atoms with E-state index in [4.69, 9.17) is 10.5 Å². The zero-order valence-electron chi connectivity index (χ0n) is 7.25. The first-order chi connectivity index (χ1) is 6.18. The molecule has 1 fully saturated rings. The van der Waals surface area contributed by atoms with Crippen molar-refractivity contribution in [2.75, 3.05) is 13.2 Å². The third-order valence-electron chi connectivity index (χ3n) is 2.28. The van der Waals surface area contributed by atoms with Gasteiger partial charge in [0.25, 0.3) is 0 Å². The van der Waals surface area contributed by atoms with Crippen molar-refractivity contribution in [3.63, 3.8) is 0 Å². The predicted octanol–water partition coefficient (Wildman–Crippen LogP) is 2.17. The quantitative estimate of drug-likeness (QED) is 0.886. The molecule has 1 aliphatic rings. The predicted molar refractivity (Wildman–Crippen MR) is 58.1 cm³/mol. The fourth-order valence-corrected chi connectivity index (χ4v) is 3.16. The van der Waals surface area contributed by atoms with Crippen LogP contribution in [0, 0.1) is 0 Å². The Morgan fingerprint density at radius 3 is 3.08 bits per heavy atom. The SMILES string of the molecule is NC1(Cc2cc(Br)cs2)CCOC1. The first-order valence-electron chi connectivity index (χ1n) is 4.28. The lowest BCUT2D eigenvalue weighted by molar-refractivity contribution is 0.178. The van der Waals surface area contributed by atoms with Crippen LogP contribution in [0.15, 0.2) is 15.9 Å². The highest BCUT2D eigenvalue weighted by Gasteiger charge is 2.30. The van der Waals surface area contributed by atoms with Gasteiger partial charge in [0.05, 0.1) is 6.61 Å². The molecule has 72 valence electrons. The molecule has 1 aromatic rings. The Balaban J connectivity index is 2.04. The number of thiophene rings is 1. The number of hydrogen-bond acceptors (Lipinski definition) is 3. The summed E-state index contributed by atoms with van der Waals surface area (Å²) in [6.07, 6.45) is 1.91. The van der Waals surface area contributed by atoms with Gasteiger partial charge in [-0.15, -0.1) is 11.3 Å². The first kappa shape index (κ1) is 9.65. The van der Waals surface area contributed by atoms with Gasteiger partial charge in [-0.1, -0.05) is 0 Å². The molecule has 0 aliphatic carbocycles. The number of nitrogens with two attached hydrogens (primary N) is 1. The zero-order valence-corrected chi connectivity index (χ0v) is 9.66. The van der Waals surface area contributed by atoms with Gasteiger partial charge in [-0.25, -0.2) is 0 Å². The lowest BCUT2D eigenvalue weighted by Crippen LogP contribution is -2.42. The summed E-state index contributed by atoms with van der Waals surface area (Å²) in [5.41, 5.74) is 6.05. The monoisotopic (exact) mass is 261 g/mol. The van der Waals surface area contributed by atoms with Crippen molar-refractivity contribution < 1.29 is 4.74 Å². The average Bonchev–Trinajstić information content (AvgIpc) is 2.62. The summed E-state index contributed by atoms with van der Waals surface area (Å²) in [5, 5.41) is 2.09. The van der Waals surface area contributed by atoms with E-state index in [9.17, 15) is 0 Å². The molecule has 2 heterocycles. The molecule has 13 heavy (non-hydrogen) atoms. The molecule has 1 unspecified atom stereocenters. The van der Waals surface area contributed by atoms with Crippen molar-refractivity contribution in [1.29, 1.82) is 0 Å². The lowest BCUT2D eigenvalue weighted by Gasteiger charge is -2.20. The Hall–Kier alpha value is 0.1000. The summed E-state index contributed by atoms with van der Waals surface area (Å²) in [6.45, 7) is 1.51. The Morgan fingerprint density at radius 1 is 1.69 bits per heavy atom. The normalized spacial score (nSPS) is 28.2. The van der Waals surface area contributed by atoms with E-state index in [1.165, 1.54) is 4.88 Å². The molecule has 0 bridgehead atoms. The summed E-state index contributed by atoms with van der Waals surface area (Å²) in [4.78, 5) is 1.33. The molecule has 0 amide bonds. The van der Waals surface area contributed by atoms with Gasteiger partial charge >= 0.3 is 0 Å². The minimum atomic E-state index is -0.121. The van der Waals surface area contributed by atoms with Crippen molar-refractivity contribution in [1.82, 2.24) is 0 Å². The molecule has 0 radical (unpaired) electrons. The molecule has 2 N–H and O–H groups in total. The minimum absolute atomic E-state index is 0.121. The van der Waals surface area contributed by atoms with Gasteiger partial charge < -0.3 is 10.5 Å². The van der Waals surface area contributed by atoms with Crippen LogP contribution >= 0.6 is 27.3 Å². The molecule has 1 saturated heterocycles. The summed E-state index contributed by atoms with van der Waals surface area (Å²) in [7, 11) is 0. The number of halogens is 1. The lowest BCUT2D eigenvalue weighted by atomic mass is 9.95. The van der Waals surface area contributed by atoms with Gasteiger partial charge in [0.1, 0.15) is 0 Å². The van der Waals surface area contributed by atoms with Crippen LogP contribution in [0.5, 0.6) is 0 Å². The average molecular weight is 262 g/mol. The highest BCUT2D eigenvalue weighted by molar-refractivity contribution is 9.10. The summed E-state index contributed by atoms with van der Waals surface area (Å²) in [5.74, 6) is 0. The molecule has 0 aromatic carbocycles. The van der Waals surface area contributed by atoms with Gasteiger partial charge in [-0.05, 0) is 28.4 Å². The molecule has 0 saturated carbocycles. The maximum atomic E-state index is 6.17. The van der Waals surface area contributed by atoms with E-state index in [0.717, 1.165) is 23.9 Å². The van der Waals surface area contributed by atoms with Crippen LogP contribution in [0.2, 0.25) is 0 Å². The fraction of sp³-hybridized carbons (Fsp3) is 0.556. The van der Waals surface area contributed by atoms with Crippen molar-refractivity contribution in [3.05, 3.63) is 20.8 Å². The van der Waals surface area contributed by atoms with Gasteiger partial charge in [-0.2, -0.15) is 0 Å². The van der Waals surface area contributed by atoms with Crippen LogP contribution in [-0.2, 0) is 11.2 Å². The summed E-state index contributed by atoms with van der Waals surface area (Å²) < 4.78 is 6.46. The largest absolute Gasteiger partial charge is 0.379 e. The summed E-state index contributed by atoms with van der Waals surface area (Å²) in [6, 6.07) is 2.14. The van der Waals surface area contributed by atoms with Crippen LogP contribution in [0.3, 0.4) is 0 Å². The van der Waals surface area contributed by atoms with Crippen molar-refractivity contribution >= 4 is 27.3 Å². The first-order valence-corrected chi connectivity index (χ1v) is 5.95. The molecule has 1 aliphatic heterocycles. The van der Waals surface area contributed by atoms with E-state index in [1.54, 1.807) is 11.3 Å². The maximum absolute atomic E-state index is 6.17. The Morgan fingerprint density at radius 2 is 2.54 bits per heavy atom. The Labute approximate surface area is 90.2 Å². The molecule has 2 nitrogen and oxygen atoms in total. The standard InChI is InChI=1S/C9H12BrNOS/c10-7-3-8(13-5-7)4-9(11)1-2-12-6-9/h3,5H,1-2,4,6,11H2. The van der Waals surface area contributed by atoms with Crippen LogP contribution < -0.4 is 5.73 Å². The number of rotatable bonds is 2. The van der Waals surface area contributed by atoms with Crippen molar-refractivity contribution in [2.45, 2.75) is 18.4 Å². The third kappa shape index (κ3) is 2.31. The van der Waals surface area contributed by atoms with E-state index < -0.39 is 0 Å². The molecule has 4 heteroatoms. The molecule has 0 spiro atoms. The van der Waals surface area contributed by atoms with E-state index in [2.05, 4.69) is 27.4 Å². The number of hydrogen-bond donors (Lipinski definition) is 1. The second-order valence-corrected chi connectivity index (χ2v) is 5.48. The van der Waals surface area contributed by atoms with Crippen LogP contribution in [0.1, 0.15) is 11.3 Å². The van der Waals surface area contributed by atoms with Crippen LogP contribution in [0.25, 0.3) is 0 Å². The number of ether oxygens (including phenoxy) is 1. The smallest absolute Gasteiger partial charge is 0.0650 e. The van der Waals surface area contributed by atoms with Crippen molar-refractivity contribution in [3.8, 4) is 0 Å². The zero-order chi connectivity index (χ0) is 9.31. The highest BCUT2D eigenvalue weighted by atomic mass is 79.9. The van der Waals surface area contributed by atoms with E-state index >= 15 is 0 Å². The molecular weight excluding hydrogens is 250 g/mol. The highest BCUT2D eigenvalue weighted by Crippen LogP contribution is 2.26. The van der Waals surface area contributed by atoms with E-state index in [0.29, 0.717) is 6.61 Å². The molecule has 2 rings (SSSR count). The second-order valence-electron chi connectivity index (χ2n) is 3.57. The minimum Gasteiger partial charge on any atom is -0.379 e. The molecular formula is C9H12BrNOS. The maximum Gasteiger partial charge on any atom is 0.0650 e. The van der Waals surface area contributed by atoms with Crippen LogP contribution in [-0.4, -0.2) is 18.8 Å². The second kappa shape index (κ2) is 3.69. The van der Waals surface area contributed by atoms with Gasteiger partial charge in [0.15, 0.2) is 0 Å². The van der Waals surface area contributed by atoms with E-state index in [-0.39, 0.29) is 5.54 Å². The topological polar surface area (TPSA) is 35.2 Å². The molecule has 1 aromatic heterocycles. The molecule has 1 atom stereocenters. The van der Waals surface area contributed by atoms with Gasteiger partial charge in [-0.3, -0.25) is 0 Å². The fourth-order valence-electron chi connectivity index (χ4n) is 1.56.